The first kappa shape index (κ1) is 15.0. The van der Waals surface area contributed by atoms with Gasteiger partial charge in [-0.3, -0.25) is 14.6 Å². The van der Waals surface area contributed by atoms with Crippen molar-refractivity contribution in [2.75, 3.05) is 39.3 Å². The number of carbonyl (C=O) groups is 1. The van der Waals surface area contributed by atoms with Gasteiger partial charge in [0.25, 0.3) is 0 Å². The second kappa shape index (κ2) is 7.41. The molecule has 0 atom stereocenters. The van der Waals surface area contributed by atoms with Crippen molar-refractivity contribution in [1.29, 1.82) is 0 Å². The molecule has 2 rings (SSSR count). The monoisotopic (exact) mass is 276 g/mol. The zero-order valence-electron chi connectivity index (χ0n) is 12.5. The second-order valence-electron chi connectivity index (χ2n) is 5.35. The van der Waals surface area contributed by atoms with E-state index in [9.17, 15) is 4.79 Å². The summed E-state index contributed by atoms with van der Waals surface area (Å²) in [6.45, 7) is 9.74. The van der Waals surface area contributed by atoms with Gasteiger partial charge in [-0.15, -0.1) is 0 Å². The molecule has 0 spiro atoms. The number of hydrogen-bond acceptors (Lipinski definition) is 4. The lowest BCUT2D eigenvalue weighted by atomic mass is 10.1. The normalized spacial score (nSPS) is 17.1. The van der Waals surface area contributed by atoms with Crippen LogP contribution >= 0.6 is 0 Å². The molecule has 1 aromatic carbocycles. The highest BCUT2D eigenvalue weighted by molar-refractivity contribution is 5.71. The molecular formula is C16H24N2O2. The van der Waals surface area contributed by atoms with Gasteiger partial charge in [-0.2, -0.15) is 0 Å². The Morgan fingerprint density at radius 3 is 2.55 bits per heavy atom. The lowest BCUT2D eigenvalue weighted by molar-refractivity contribution is -0.144. The predicted octanol–water partition coefficient (Wildman–Crippen LogP) is 1.68. The Kier molecular flexibility index (Phi) is 5.56. The van der Waals surface area contributed by atoms with E-state index < -0.39 is 0 Å². The molecule has 1 fully saturated rings. The Morgan fingerprint density at radius 2 is 1.90 bits per heavy atom. The van der Waals surface area contributed by atoms with Gasteiger partial charge in [0, 0.05) is 32.7 Å². The molecule has 0 unspecified atom stereocenters. The van der Waals surface area contributed by atoms with Crippen LogP contribution in [-0.2, 0) is 16.1 Å². The molecule has 0 aliphatic carbocycles. The van der Waals surface area contributed by atoms with Crippen molar-refractivity contribution < 1.29 is 9.53 Å². The van der Waals surface area contributed by atoms with Gasteiger partial charge in [-0.1, -0.05) is 29.8 Å². The molecule has 0 saturated carbocycles. The average Bonchev–Trinajstić information content (AvgIpc) is 2.41. The van der Waals surface area contributed by atoms with Crippen molar-refractivity contribution in [2.45, 2.75) is 20.4 Å². The van der Waals surface area contributed by atoms with E-state index >= 15 is 0 Å². The molecule has 0 radical (unpaired) electrons. The van der Waals surface area contributed by atoms with Crippen LogP contribution in [0.2, 0.25) is 0 Å². The summed E-state index contributed by atoms with van der Waals surface area (Å²) in [6, 6.07) is 8.66. The largest absolute Gasteiger partial charge is 0.465 e. The van der Waals surface area contributed by atoms with Crippen molar-refractivity contribution in [2.24, 2.45) is 0 Å². The first-order valence-electron chi connectivity index (χ1n) is 7.33. The van der Waals surface area contributed by atoms with Gasteiger partial charge in [0.05, 0.1) is 13.2 Å². The molecule has 20 heavy (non-hydrogen) atoms. The van der Waals surface area contributed by atoms with Gasteiger partial charge in [-0.25, -0.2) is 0 Å². The highest BCUT2D eigenvalue weighted by Crippen LogP contribution is 2.10. The number of hydrogen-bond donors (Lipinski definition) is 0. The minimum Gasteiger partial charge on any atom is -0.465 e. The summed E-state index contributed by atoms with van der Waals surface area (Å²) < 4.78 is 4.99. The van der Waals surface area contributed by atoms with Crippen LogP contribution in [0.3, 0.4) is 0 Å². The van der Waals surface area contributed by atoms with Crippen molar-refractivity contribution in [3.05, 3.63) is 35.4 Å². The number of nitrogens with zero attached hydrogens (tertiary/aromatic N) is 2. The maximum atomic E-state index is 11.4. The van der Waals surface area contributed by atoms with E-state index in [1.807, 2.05) is 6.92 Å². The van der Waals surface area contributed by atoms with E-state index in [-0.39, 0.29) is 5.97 Å². The van der Waals surface area contributed by atoms with Crippen LogP contribution in [0.25, 0.3) is 0 Å². The van der Waals surface area contributed by atoms with Crippen LogP contribution in [0.15, 0.2) is 24.3 Å². The first-order chi connectivity index (χ1) is 9.67. The Balaban J connectivity index is 1.75. The number of ether oxygens (including phenoxy) is 1. The van der Waals surface area contributed by atoms with E-state index in [1.54, 1.807) is 0 Å². The number of piperazine rings is 1. The molecule has 0 amide bonds. The van der Waals surface area contributed by atoms with Crippen LogP contribution in [0.1, 0.15) is 18.1 Å². The van der Waals surface area contributed by atoms with Crippen LogP contribution in [0.5, 0.6) is 0 Å². The molecule has 0 aromatic heterocycles. The smallest absolute Gasteiger partial charge is 0.320 e. The summed E-state index contributed by atoms with van der Waals surface area (Å²) >= 11 is 0. The molecule has 0 N–H and O–H groups in total. The fourth-order valence-electron chi connectivity index (χ4n) is 2.56. The Labute approximate surface area is 121 Å². The summed E-state index contributed by atoms with van der Waals surface area (Å²) in [5.74, 6) is -0.111. The lowest BCUT2D eigenvalue weighted by Gasteiger charge is -2.34. The zero-order valence-corrected chi connectivity index (χ0v) is 12.5. The van der Waals surface area contributed by atoms with Gasteiger partial charge in [0.1, 0.15) is 0 Å². The summed E-state index contributed by atoms with van der Waals surface area (Å²) in [7, 11) is 0. The SMILES string of the molecule is CCOC(=O)CN1CCN(Cc2cccc(C)c2)CC1. The van der Waals surface area contributed by atoms with Crippen molar-refractivity contribution in [3.63, 3.8) is 0 Å². The summed E-state index contributed by atoms with van der Waals surface area (Å²) in [5, 5.41) is 0. The minimum atomic E-state index is -0.111. The zero-order chi connectivity index (χ0) is 14.4. The summed E-state index contributed by atoms with van der Waals surface area (Å²) in [5.41, 5.74) is 2.67. The standard InChI is InChI=1S/C16H24N2O2/c1-3-20-16(19)13-18-9-7-17(8-10-18)12-15-6-4-5-14(2)11-15/h4-6,11H,3,7-10,12-13H2,1-2H3. The van der Waals surface area contributed by atoms with Gasteiger partial charge >= 0.3 is 5.97 Å². The molecular weight excluding hydrogens is 252 g/mol. The van der Waals surface area contributed by atoms with Crippen LogP contribution in [-0.4, -0.2) is 55.1 Å². The van der Waals surface area contributed by atoms with Crippen molar-refractivity contribution >= 4 is 5.97 Å². The molecule has 4 nitrogen and oxygen atoms in total. The third-order valence-corrected chi connectivity index (χ3v) is 3.61. The summed E-state index contributed by atoms with van der Waals surface area (Å²) in [6.07, 6.45) is 0. The number of esters is 1. The Bertz CT molecular complexity index is 440. The fourth-order valence-corrected chi connectivity index (χ4v) is 2.56. The molecule has 1 heterocycles. The number of rotatable bonds is 5. The second-order valence-corrected chi connectivity index (χ2v) is 5.35. The molecule has 1 aliphatic rings. The van der Waals surface area contributed by atoms with Crippen molar-refractivity contribution in [1.82, 2.24) is 9.80 Å². The third-order valence-electron chi connectivity index (χ3n) is 3.61. The van der Waals surface area contributed by atoms with E-state index in [0.29, 0.717) is 13.2 Å². The lowest BCUT2D eigenvalue weighted by Crippen LogP contribution is -2.47. The van der Waals surface area contributed by atoms with E-state index in [2.05, 4.69) is 41.0 Å². The average molecular weight is 276 g/mol. The van der Waals surface area contributed by atoms with Gasteiger partial charge in [0.15, 0.2) is 0 Å². The summed E-state index contributed by atoms with van der Waals surface area (Å²) in [4.78, 5) is 16.1. The molecule has 1 aromatic rings. The third kappa shape index (κ3) is 4.62. The van der Waals surface area contributed by atoms with Gasteiger partial charge in [-0.05, 0) is 19.4 Å². The van der Waals surface area contributed by atoms with Crippen LogP contribution in [0, 0.1) is 6.92 Å². The predicted molar refractivity (Wildman–Crippen MR) is 79.5 cm³/mol. The fraction of sp³-hybridized carbons (Fsp3) is 0.562. The van der Waals surface area contributed by atoms with Gasteiger partial charge in [0.2, 0.25) is 0 Å². The van der Waals surface area contributed by atoms with E-state index in [4.69, 9.17) is 4.74 Å². The highest BCUT2D eigenvalue weighted by Gasteiger charge is 2.19. The number of carbonyl (C=O) groups excluding carboxylic acids is 1. The van der Waals surface area contributed by atoms with Crippen LogP contribution in [0.4, 0.5) is 0 Å². The van der Waals surface area contributed by atoms with Crippen LogP contribution < -0.4 is 0 Å². The Hall–Kier alpha value is -1.39. The molecule has 1 aliphatic heterocycles. The minimum absolute atomic E-state index is 0.111. The molecule has 1 saturated heterocycles. The number of benzene rings is 1. The van der Waals surface area contributed by atoms with E-state index in [1.165, 1.54) is 11.1 Å². The highest BCUT2D eigenvalue weighted by atomic mass is 16.5. The molecule has 4 heteroatoms. The topological polar surface area (TPSA) is 32.8 Å². The molecule has 0 bridgehead atoms. The van der Waals surface area contributed by atoms with E-state index in [0.717, 1.165) is 32.7 Å². The quantitative estimate of drug-likeness (QED) is 0.766. The maximum Gasteiger partial charge on any atom is 0.320 e. The first-order valence-corrected chi connectivity index (χ1v) is 7.33. The number of aryl methyl sites for hydroxylation is 1. The Morgan fingerprint density at radius 1 is 1.20 bits per heavy atom. The van der Waals surface area contributed by atoms with Crippen molar-refractivity contribution in [3.8, 4) is 0 Å². The molecule has 110 valence electrons. The maximum absolute atomic E-state index is 11.4. The van der Waals surface area contributed by atoms with Gasteiger partial charge < -0.3 is 4.74 Å².